The van der Waals surface area contributed by atoms with Crippen LogP contribution in [-0.4, -0.2) is 35.7 Å². The van der Waals surface area contributed by atoms with Crippen LogP contribution in [0.25, 0.3) is 0 Å². The average molecular weight is 482 g/mol. The molecule has 1 saturated heterocycles. The highest BCUT2D eigenvalue weighted by atomic mass is 19.1. The standard InChI is InChI=1S/C27H28FNO6/c1-3-32-23(30)25(24(31)33-4-2)10-11-26-13-19-17-12-18(28)22(34-14-16-8-6-5-7-9-16)29-20(17)21(26)27(26,15-25)35-19/h5-9,12,19,21H,3-4,10-11,13-15H2,1-2H3/t19-,21-,26+,27-/m0/s1. The zero-order chi connectivity index (χ0) is 24.4. The molecule has 4 atom stereocenters. The lowest BCUT2D eigenvalue weighted by atomic mass is 9.68. The molecule has 0 radical (unpaired) electrons. The lowest BCUT2D eigenvalue weighted by Crippen LogP contribution is -2.49. The highest BCUT2D eigenvalue weighted by Crippen LogP contribution is 2.87. The minimum atomic E-state index is -1.40. The average Bonchev–Trinajstić information content (AvgIpc) is 3.31. The van der Waals surface area contributed by atoms with Crippen LogP contribution in [-0.2, 0) is 30.4 Å². The first-order valence-corrected chi connectivity index (χ1v) is 12.3. The lowest BCUT2D eigenvalue weighted by molar-refractivity contribution is -0.180. The molecule has 3 aliphatic carbocycles. The van der Waals surface area contributed by atoms with Crippen molar-refractivity contribution in [3.05, 3.63) is 59.0 Å². The number of rotatable bonds is 7. The number of pyridine rings is 1. The molecule has 2 spiro atoms. The molecule has 4 bridgehead atoms. The smallest absolute Gasteiger partial charge is 0.323 e. The predicted octanol–water partition coefficient (Wildman–Crippen LogP) is 4.39. The Morgan fingerprint density at radius 1 is 1.11 bits per heavy atom. The summed E-state index contributed by atoms with van der Waals surface area (Å²) in [5.74, 6) is -1.79. The molecule has 35 heavy (non-hydrogen) atoms. The normalized spacial score (nSPS) is 30.6. The molecule has 1 aromatic heterocycles. The second kappa shape index (κ2) is 7.75. The van der Waals surface area contributed by atoms with Crippen molar-refractivity contribution >= 4 is 11.9 Å². The van der Waals surface area contributed by atoms with E-state index in [-0.39, 0.29) is 49.6 Å². The molecule has 2 aromatic rings. The summed E-state index contributed by atoms with van der Waals surface area (Å²) in [4.78, 5) is 30.8. The van der Waals surface area contributed by atoms with Gasteiger partial charge in [0.25, 0.3) is 5.88 Å². The summed E-state index contributed by atoms with van der Waals surface area (Å²) in [5, 5.41) is 0. The van der Waals surface area contributed by atoms with Crippen LogP contribution < -0.4 is 4.74 Å². The number of benzene rings is 1. The van der Waals surface area contributed by atoms with Gasteiger partial charge in [-0.3, -0.25) is 9.59 Å². The highest BCUT2D eigenvalue weighted by Gasteiger charge is 2.88. The Labute approximate surface area is 202 Å². The van der Waals surface area contributed by atoms with Crippen LogP contribution in [0.4, 0.5) is 4.39 Å². The van der Waals surface area contributed by atoms with Gasteiger partial charge < -0.3 is 18.9 Å². The van der Waals surface area contributed by atoms with Gasteiger partial charge in [0.15, 0.2) is 11.2 Å². The number of esters is 2. The Bertz CT molecular complexity index is 1180. The Kier molecular flexibility index (Phi) is 4.97. The summed E-state index contributed by atoms with van der Waals surface area (Å²) < 4.78 is 37.9. The van der Waals surface area contributed by atoms with Crippen LogP contribution in [0.2, 0.25) is 0 Å². The molecule has 0 unspecified atom stereocenters. The Morgan fingerprint density at radius 3 is 2.51 bits per heavy atom. The molecule has 0 N–H and O–H groups in total. The van der Waals surface area contributed by atoms with Gasteiger partial charge in [-0.05, 0) is 44.7 Å². The maximum Gasteiger partial charge on any atom is 0.323 e. The molecule has 1 aromatic carbocycles. The van der Waals surface area contributed by atoms with Crippen molar-refractivity contribution in [2.45, 2.75) is 63.8 Å². The number of halogens is 1. The van der Waals surface area contributed by atoms with E-state index in [1.807, 2.05) is 30.3 Å². The van der Waals surface area contributed by atoms with Crippen molar-refractivity contribution in [1.82, 2.24) is 4.98 Å². The minimum absolute atomic E-state index is 0.0360. The van der Waals surface area contributed by atoms with Crippen molar-refractivity contribution < 1.29 is 32.9 Å². The van der Waals surface area contributed by atoms with Crippen molar-refractivity contribution in [3.63, 3.8) is 0 Å². The first-order chi connectivity index (χ1) is 16.9. The van der Waals surface area contributed by atoms with E-state index in [1.54, 1.807) is 13.8 Å². The third kappa shape index (κ3) is 2.95. The fraction of sp³-hybridized carbons (Fsp3) is 0.519. The number of ether oxygens (including phenoxy) is 4. The molecular formula is C27H28FNO6. The maximum absolute atomic E-state index is 14.9. The lowest BCUT2D eigenvalue weighted by Gasteiger charge is -2.37. The minimum Gasteiger partial charge on any atom is -0.471 e. The summed E-state index contributed by atoms with van der Waals surface area (Å²) in [7, 11) is 0. The molecule has 3 fully saturated rings. The van der Waals surface area contributed by atoms with Gasteiger partial charge >= 0.3 is 11.9 Å². The zero-order valence-corrected chi connectivity index (χ0v) is 19.8. The fourth-order valence-electron chi connectivity index (χ4n) is 6.93. The second-order valence-corrected chi connectivity index (χ2v) is 10.0. The maximum atomic E-state index is 14.9. The number of aromatic nitrogens is 1. The van der Waals surface area contributed by atoms with Crippen molar-refractivity contribution in [1.29, 1.82) is 0 Å². The SMILES string of the molecule is CCOC(=O)C1(C(=O)OCC)CC[C@]23C[C@@H]4O[C@@]2(C1)[C@H]3c1nc(OCc2ccccc2)c(F)cc14. The summed E-state index contributed by atoms with van der Waals surface area (Å²) in [6.07, 6.45) is 1.56. The van der Waals surface area contributed by atoms with Crippen molar-refractivity contribution in [2.75, 3.05) is 13.2 Å². The van der Waals surface area contributed by atoms with Gasteiger partial charge in [0, 0.05) is 23.3 Å². The van der Waals surface area contributed by atoms with Gasteiger partial charge in [0.05, 0.1) is 30.6 Å². The van der Waals surface area contributed by atoms with Crippen LogP contribution >= 0.6 is 0 Å². The molecule has 5 aliphatic rings. The van der Waals surface area contributed by atoms with E-state index >= 15 is 0 Å². The molecule has 184 valence electrons. The van der Waals surface area contributed by atoms with E-state index in [0.29, 0.717) is 12.8 Å². The highest BCUT2D eigenvalue weighted by molar-refractivity contribution is 6.00. The zero-order valence-electron chi connectivity index (χ0n) is 19.8. The van der Waals surface area contributed by atoms with Gasteiger partial charge in [-0.15, -0.1) is 0 Å². The molecular weight excluding hydrogens is 453 g/mol. The fourth-order valence-corrected chi connectivity index (χ4v) is 6.93. The third-order valence-electron chi connectivity index (χ3n) is 8.42. The number of hydrogen-bond donors (Lipinski definition) is 0. The van der Waals surface area contributed by atoms with Gasteiger partial charge in [-0.2, -0.15) is 0 Å². The Hall–Kier alpha value is -3.00. The van der Waals surface area contributed by atoms with Gasteiger partial charge in [-0.1, -0.05) is 30.3 Å². The van der Waals surface area contributed by atoms with Crippen LogP contribution in [0.15, 0.2) is 36.4 Å². The number of hydrogen-bond acceptors (Lipinski definition) is 7. The third-order valence-corrected chi connectivity index (χ3v) is 8.42. The summed E-state index contributed by atoms with van der Waals surface area (Å²) in [5.41, 5.74) is 0.104. The molecule has 7 rings (SSSR count). The molecule has 2 aliphatic heterocycles. The summed E-state index contributed by atoms with van der Waals surface area (Å²) >= 11 is 0. The molecule has 3 heterocycles. The van der Waals surface area contributed by atoms with E-state index in [0.717, 1.165) is 23.2 Å². The van der Waals surface area contributed by atoms with Crippen LogP contribution in [0.3, 0.4) is 0 Å². The quantitative estimate of drug-likeness (QED) is 0.428. The predicted molar refractivity (Wildman–Crippen MR) is 121 cm³/mol. The van der Waals surface area contributed by atoms with Crippen molar-refractivity contribution in [2.24, 2.45) is 10.8 Å². The van der Waals surface area contributed by atoms with Crippen LogP contribution in [0.5, 0.6) is 5.88 Å². The Morgan fingerprint density at radius 2 is 1.83 bits per heavy atom. The monoisotopic (exact) mass is 481 g/mol. The first-order valence-electron chi connectivity index (χ1n) is 12.3. The van der Waals surface area contributed by atoms with Gasteiger partial charge in [-0.25, -0.2) is 9.37 Å². The number of carbonyl (C=O) groups is 2. The summed E-state index contributed by atoms with van der Waals surface area (Å²) in [6, 6.07) is 11.0. The largest absolute Gasteiger partial charge is 0.471 e. The van der Waals surface area contributed by atoms with Crippen LogP contribution in [0.1, 0.15) is 68.4 Å². The molecule has 0 amide bonds. The van der Waals surface area contributed by atoms with E-state index in [9.17, 15) is 14.0 Å². The number of carbonyl (C=O) groups excluding carboxylic acids is 2. The van der Waals surface area contributed by atoms with E-state index in [4.69, 9.17) is 18.9 Å². The first kappa shape index (κ1) is 22.5. The van der Waals surface area contributed by atoms with E-state index in [2.05, 4.69) is 4.98 Å². The molecule has 7 nitrogen and oxygen atoms in total. The number of nitrogens with zero attached hydrogens (tertiary/aromatic N) is 1. The topological polar surface area (TPSA) is 84.0 Å². The molecule has 2 saturated carbocycles. The van der Waals surface area contributed by atoms with Gasteiger partial charge in [0.2, 0.25) is 0 Å². The Balaban J connectivity index is 1.33. The summed E-state index contributed by atoms with van der Waals surface area (Å²) in [6.45, 7) is 4.00. The van der Waals surface area contributed by atoms with E-state index in [1.165, 1.54) is 6.07 Å². The van der Waals surface area contributed by atoms with Gasteiger partial charge in [0.1, 0.15) is 6.61 Å². The van der Waals surface area contributed by atoms with E-state index < -0.39 is 28.8 Å². The molecule has 8 heteroatoms. The van der Waals surface area contributed by atoms with Crippen molar-refractivity contribution in [3.8, 4) is 5.88 Å². The second-order valence-electron chi connectivity index (χ2n) is 10.0. The van der Waals surface area contributed by atoms with Crippen LogP contribution in [0, 0.1) is 16.6 Å².